The minimum absolute atomic E-state index is 0.00478. The molecule has 2 aliphatic heterocycles. The molecule has 0 spiro atoms. The molecule has 1 fully saturated rings. The van der Waals surface area contributed by atoms with Crippen molar-refractivity contribution >= 4 is 51.9 Å². The number of amides is 1. The predicted octanol–water partition coefficient (Wildman–Crippen LogP) is 8.13. The van der Waals surface area contributed by atoms with Crippen LogP contribution in [0, 0.1) is 6.92 Å². The van der Waals surface area contributed by atoms with Crippen molar-refractivity contribution in [3.8, 4) is 22.9 Å². The van der Waals surface area contributed by atoms with Crippen LogP contribution in [0.15, 0.2) is 58.3 Å². The molecule has 3 heterocycles. The molecule has 0 unspecified atom stereocenters. The zero-order valence-corrected chi connectivity index (χ0v) is 28.1. The highest BCUT2D eigenvalue weighted by atomic mass is 35.5. The Bertz CT molecular complexity index is 1870. The largest absolute Gasteiger partial charge is 0.494 e. The number of unbranched alkanes of at least 4 members (excludes halogenated alkanes) is 5. The second-order valence-electron chi connectivity index (χ2n) is 11.9. The van der Waals surface area contributed by atoms with Crippen LogP contribution in [0.5, 0.6) is 17.2 Å². The molecule has 0 N–H and O–H groups in total. The van der Waals surface area contributed by atoms with E-state index in [4.69, 9.17) is 37.4 Å². The fourth-order valence-corrected chi connectivity index (χ4v) is 6.71. The van der Waals surface area contributed by atoms with Gasteiger partial charge in [-0.2, -0.15) is 0 Å². The van der Waals surface area contributed by atoms with E-state index in [9.17, 15) is 9.59 Å². The molecular weight excluding hydrogens is 639 g/mol. The first kappa shape index (κ1) is 32.8. The number of aromatic nitrogens is 2. The van der Waals surface area contributed by atoms with E-state index in [1.807, 2.05) is 29.3 Å². The maximum Gasteiger partial charge on any atom is 0.266 e. The van der Waals surface area contributed by atoms with Gasteiger partial charge in [0.1, 0.15) is 11.6 Å². The summed E-state index contributed by atoms with van der Waals surface area (Å²) in [6.45, 7) is 3.66. The molecule has 4 aromatic rings. The molecule has 1 atom stereocenters. The number of ether oxygens (including phenoxy) is 3. The second-order valence-corrected chi connectivity index (χ2v) is 12.7. The van der Waals surface area contributed by atoms with E-state index in [0.29, 0.717) is 74.2 Å². The molecule has 6 rings (SSSR count). The lowest BCUT2D eigenvalue weighted by molar-refractivity contribution is 0.0774. The molecule has 246 valence electrons. The summed E-state index contributed by atoms with van der Waals surface area (Å²) in [7, 11) is 1.59. The van der Waals surface area contributed by atoms with Crippen LogP contribution < -0.4 is 19.8 Å². The van der Waals surface area contributed by atoms with Crippen LogP contribution in [0.1, 0.15) is 67.5 Å². The van der Waals surface area contributed by atoms with Crippen molar-refractivity contribution in [2.45, 2.75) is 64.3 Å². The van der Waals surface area contributed by atoms with Gasteiger partial charge in [-0.15, -0.1) is 0 Å². The average molecular weight is 678 g/mol. The van der Waals surface area contributed by atoms with Gasteiger partial charge in [-0.25, -0.2) is 4.98 Å². The van der Waals surface area contributed by atoms with Gasteiger partial charge in [-0.3, -0.25) is 19.1 Å². The maximum absolute atomic E-state index is 13.4. The van der Waals surface area contributed by atoms with Crippen molar-refractivity contribution in [3.63, 3.8) is 0 Å². The van der Waals surface area contributed by atoms with Crippen molar-refractivity contribution in [1.29, 1.82) is 0 Å². The van der Waals surface area contributed by atoms with E-state index in [1.165, 1.54) is 4.57 Å². The van der Waals surface area contributed by atoms with E-state index in [0.717, 1.165) is 57.9 Å². The molecule has 0 radical (unpaired) electrons. The first-order valence-electron chi connectivity index (χ1n) is 16.2. The third kappa shape index (κ3) is 7.26. The van der Waals surface area contributed by atoms with Crippen LogP contribution in [-0.4, -0.2) is 59.5 Å². The first-order chi connectivity index (χ1) is 22.8. The lowest BCUT2D eigenvalue weighted by Gasteiger charge is -2.20. The van der Waals surface area contributed by atoms with Crippen molar-refractivity contribution in [2.75, 3.05) is 26.9 Å². The third-order valence-corrected chi connectivity index (χ3v) is 9.22. The Kier molecular flexibility index (Phi) is 10.3. The molecular formula is C36H38Cl2N4O5. The Labute approximate surface area is 284 Å². The smallest absolute Gasteiger partial charge is 0.266 e. The molecule has 3 aromatic carbocycles. The van der Waals surface area contributed by atoms with Gasteiger partial charge < -0.3 is 19.1 Å². The van der Waals surface area contributed by atoms with Crippen LogP contribution >= 0.6 is 23.2 Å². The number of nitrogens with zero attached hydrogens (tertiary/aromatic N) is 4. The minimum atomic E-state index is -0.212. The number of aliphatic imine (C=N–C) groups is 1. The number of benzene rings is 3. The molecule has 47 heavy (non-hydrogen) atoms. The minimum Gasteiger partial charge on any atom is -0.494 e. The summed E-state index contributed by atoms with van der Waals surface area (Å²) in [5.41, 5.74) is 2.13. The fraction of sp³-hybridized carbons (Fsp3) is 0.389. The zero-order chi connectivity index (χ0) is 32.9. The Hall–Kier alpha value is -4.08. The number of aryl methyl sites for hydroxylation is 1. The van der Waals surface area contributed by atoms with Crippen molar-refractivity contribution in [3.05, 3.63) is 80.3 Å². The lowest BCUT2D eigenvalue weighted by atomic mass is 10.1. The van der Waals surface area contributed by atoms with Gasteiger partial charge in [0.2, 0.25) is 0 Å². The summed E-state index contributed by atoms with van der Waals surface area (Å²) in [5.74, 6) is 2.34. The molecule has 11 heteroatoms. The van der Waals surface area contributed by atoms with Crippen LogP contribution in [-0.2, 0) is 0 Å². The van der Waals surface area contributed by atoms with Gasteiger partial charge in [0.25, 0.3) is 11.5 Å². The zero-order valence-electron chi connectivity index (χ0n) is 26.6. The van der Waals surface area contributed by atoms with Crippen LogP contribution in [0.3, 0.4) is 0 Å². The quantitative estimate of drug-likeness (QED) is 0.133. The normalized spacial score (nSPS) is 15.4. The third-order valence-electron chi connectivity index (χ3n) is 8.68. The summed E-state index contributed by atoms with van der Waals surface area (Å²) in [6.07, 6.45) is 9.93. The summed E-state index contributed by atoms with van der Waals surface area (Å²) in [4.78, 5) is 37.6. The summed E-state index contributed by atoms with van der Waals surface area (Å²) in [5, 5.41) is 1.34. The highest BCUT2D eigenvalue weighted by molar-refractivity contribution is 6.35. The monoisotopic (exact) mass is 676 g/mol. The van der Waals surface area contributed by atoms with Gasteiger partial charge >= 0.3 is 0 Å². The van der Waals surface area contributed by atoms with E-state index in [2.05, 4.69) is 9.98 Å². The molecule has 0 saturated carbocycles. The molecule has 1 amide bonds. The molecule has 9 nitrogen and oxygen atoms in total. The maximum atomic E-state index is 13.4. The summed E-state index contributed by atoms with van der Waals surface area (Å²) in [6, 6.07) is 14.1. The Morgan fingerprint density at radius 3 is 2.43 bits per heavy atom. The standard InChI is InChI=1S/C36H38Cl2N4O5/c1-23-40-30-13-12-26(19-27(30)36(44)42(23)32-14-11-24(37)18-29(32)38)46-16-7-5-3-4-6-8-17-47-34-21-31-28(20-33(34)45-2)35(43)41-15-9-10-25(41)22-39-31/h11-14,18-22,25H,3-10,15-17H2,1-2H3/t25-/m0/s1. The van der Waals surface area contributed by atoms with E-state index in [-0.39, 0.29) is 17.5 Å². The number of carbonyl (C=O) groups excluding carboxylic acids is 1. The summed E-state index contributed by atoms with van der Waals surface area (Å²) < 4.78 is 19.1. The highest BCUT2D eigenvalue weighted by Crippen LogP contribution is 2.38. The van der Waals surface area contributed by atoms with E-state index in [1.54, 1.807) is 44.4 Å². The van der Waals surface area contributed by atoms with E-state index < -0.39 is 0 Å². The van der Waals surface area contributed by atoms with Crippen molar-refractivity contribution in [2.24, 2.45) is 4.99 Å². The first-order valence-corrected chi connectivity index (χ1v) is 16.9. The Balaban J connectivity index is 0.938. The lowest BCUT2D eigenvalue weighted by Crippen LogP contribution is -2.35. The number of hydrogen-bond acceptors (Lipinski definition) is 7. The number of rotatable bonds is 13. The Morgan fingerprint density at radius 1 is 0.894 bits per heavy atom. The number of halogens is 2. The molecule has 1 saturated heterocycles. The topological polar surface area (TPSA) is 95.2 Å². The van der Waals surface area contributed by atoms with Crippen LogP contribution in [0.2, 0.25) is 10.0 Å². The van der Waals surface area contributed by atoms with Crippen LogP contribution in [0.25, 0.3) is 16.6 Å². The van der Waals surface area contributed by atoms with Gasteiger partial charge in [0.05, 0.1) is 59.2 Å². The molecule has 0 bridgehead atoms. The highest BCUT2D eigenvalue weighted by Gasteiger charge is 2.32. The number of fused-ring (bicyclic) bond motifs is 3. The summed E-state index contributed by atoms with van der Waals surface area (Å²) >= 11 is 12.4. The predicted molar refractivity (Wildman–Crippen MR) is 186 cm³/mol. The number of carbonyl (C=O) groups is 1. The molecule has 0 aliphatic carbocycles. The van der Waals surface area contributed by atoms with Gasteiger partial charge in [0.15, 0.2) is 11.5 Å². The Morgan fingerprint density at radius 2 is 1.66 bits per heavy atom. The number of methoxy groups -OCH3 is 1. The van der Waals surface area contributed by atoms with E-state index >= 15 is 0 Å². The van der Waals surface area contributed by atoms with Gasteiger partial charge in [-0.1, -0.05) is 48.9 Å². The van der Waals surface area contributed by atoms with Crippen molar-refractivity contribution in [1.82, 2.24) is 14.5 Å². The second kappa shape index (κ2) is 14.8. The van der Waals surface area contributed by atoms with Gasteiger partial charge in [-0.05, 0) is 75.1 Å². The molecule has 2 aliphatic rings. The molecule has 1 aromatic heterocycles. The fourth-order valence-electron chi connectivity index (χ4n) is 6.22. The SMILES string of the molecule is COc1cc2c(cc1OCCCCCCCCOc1ccc3nc(C)n(-c4ccc(Cl)cc4Cl)c(=O)c3c1)N=C[C@@H]1CCCN1C2=O. The average Bonchev–Trinajstić information content (AvgIpc) is 3.49. The number of hydrogen-bond donors (Lipinski definition) is 0. The van der Waals surface area contributed by atoms with Gasteiger partial charge in [0, 0.05) is 23.8 Å². The van der Waals surface area contributed by atoms with Crippen molar-refractivity contribution < 1.29 is 19.0 Å². The van der Waals surface area contributed by atoms with Crippen LogP contribution in [0.4, 0.5) is 5.69 Å².